The van der Waals surface area contributed by atoms with Gasteiger partial charge in [0.05, 0.1) is 18.2 Å². The molecule has 0 aliphatic rings. The third-order valence-electron chi connectivity index (χ3n) is 1.60. The molecule has 0 aliphatic carbocycles. The standard InChI is InChI=1S/C9H9F2N3/c1-6(3-12)4-13-9-8(11)2-7(10)5-14-9/h2,5-6H,4H2,1H3,(H,13,14). The highest BCUT2D eigenvalue weighted by Crippen LogP contribution is 2.11. The number of nitrogens with zero attached hydrogens (tertiary/aromatic N) is 2. The van der Waals surface area contributed by atoms with Crippen LogP contribution in [0.25, 0.3) is 0 Å². The molecule has 1 atom stereocenters. The van der Waals surface area contributed by atoms with Crippen LogP contribution in [0.3, 0.4) is 0 Å². The van der Waals surface area contributed by atoms with E-state index in [9.17, 15) is 8.78 Å². The molecule has 0 amide bonds. The molecule has 5 heteroatoms. The lowest BCUT2D eigenvalue weighted by Crippen LogP contribution is -2.11. The van der Waals surface area contributed by atoms with Crippen molar-refractivity contribution < 1.29 is 8.78 Å². The van der Waals surface area contributed by atoms with Gasteiger partial charge in [0.1, 0.15) is 5.82 Å². The van der Waals surface area contributed by atoms with E-state index in [1.807, 2.05) is 6.07 Å². The average Bonchev–Trinajstić information content (AvgIpc) is 2.16. The molecule has 0 radical (unpaired) electrons. The monoisotopic (exact) mass is 197 g/mol. The number of rotatable bonds is 3. The molecule has 1 unspecified atom stereocenters. The number of halogens is 2. The largest absolute Gasteiger partial charge is 0.366 e. The van der Waals surface area contributed by atoms with Gasteiger partial charge in [-0.3, -0.25) is 0 Å². The van der Waals surface area contributed by atoms with Crippen LogP contribution in [0.1, 0.15) is 6.92 Å². The highest BCUT2D eigenvalue weighted by molar-refractivity contribution is 5.35. The fraction of sp³-hybridized carbons (Fsp3) is 0.333. The van der Waals surface area contributed by atoms with E-state index >= 15 is 0 Å². The van der Waals surface area contributed by atoms with Crippen LogP contribution in [0.4, 0.5) is 14.6 Å². The van der Waals surface area contributed by atoms with Gasteiger partial charge in [0.25, 0.3) is 0 Å². The second kappa shape index (κ2) is 4.51. The number of hydrogen-bond acceptors (Lipinski definition) is 3. The van der Waals surface area contributed by atoms with Gasteiger partial charge in [0, 0.05) is 12.6 Å². The number of aromatic nitrogens is 1. The van der Waals surface area contributed by atoms with Crippen LogP contribution in [-0.2, 0) is 0 Å². The van der Waals surface area contributed by atoms with Crippen molar-refractivity contribution in [2.75, 3.05) is 11.9 Å². The highest BCUT2D eigenvalue weighted by Gasteiger charge is 2.06. The Kier molecular flexibility index (Phi) is 3.35. The van der Waals surface area contributed by atoms with Crippen molar-refractivity contribution in [1.82, 2.24) is 4.98 Å². The topological polar surface area (TPSA) is 48.7 Å². The summed E-state index contributed by atoms with van der Waals surface area (Å²) in [6.07, 6.45) is 0.919. The summed E-state index contributed by atoms with van der Waals surface area (Å²) in [5, 5.41) is 11.1. The first-order chi connectivity index (χ1) is 6.63. The number of pyridine rings is 1. The third-order valence-corrected chi connectivity index (χ3v) is 1.60. The van der Waals surface area contributed by atoms with Crippen molar-refractivity contribution in [1.29, 1.82) is 5.26 Å². The average molecular weight is 197 g/mol. The van der Waals surface area contributed by atoms with Crippen LogP contribution < -0.4 is 5.32 Å². The summed E-state index contributed by atoms with van der Waals surface area (Å²) in [6, 6.07) is 2.72. The third kappa shape index (κ3) is 2.66. The fourth-order valence-corrected chi connectivity index (χ4v) is 0.840. The molecule has 0 bridgehead atoms. The van der Waals surface area contributed by atoms with E-state index < -0.39 is 11.6 Å². The lowest BCUT2D eigenvalue weighted by Gasteiger charge is -2.06. The Morgan fingerprint density at radius 2 is 2.36 bits per heavy atom. The molecule has 1 heterocycles. The second-order valence-electron chi connectivity index (χ2n) is 2.90. The predicted octanol–water partition coefficient (Wildman–Crippen LogP) is 1.93. The van der Waals surface area contributed by atoms with Gasteiger partial charge < -0.3 is 5.32 Å². The SMILES string of the molecule is CC(C#N)CNc1ncc(F)cc1F. The van der Waals surface area contributed by atoms with E-state index in [0.29, 0.717) is 0 Å². The van der Waals surface area contributed by atoms with Crippen LogP contribution in [-0.4, -0.2) is 11.5 Å². The minimum atomic E-state index is -0.755. The molecule has 0 saturated heterocycles. The maximum atomic E-state index is 13.0. The predicted molar refractivity (Wildman–Crippen MR) is 47.4 cm³/mol. The summed E-state index contributed by atoms with van der Waals surface area (Å²) < 4.78 is 25.4. The van der Waals surface area contributed by atoms with E-state index in [2.05, 4.69) is 10.3 Å². The summed E-state index contributed by atoms with van der Waals surface area (Å²) in [5.74, 6) is -1.76. The Morgan fingerprint density at radius 1 is 1.64 bits per heavy atom. The lowest BCUT2D eigenvalue weighted by molar-refractivity contribution is 0.574. The van der Waals surface area contributed by atoms with Crippen LogP contribution >= 0.6 is 0 Å². The Balaban J connectivity index is 2.64. The molecular formula is C9H9F2N3. The van der Waals surface area contributed by atoms with Gasteiger partial charge in [0.15, 0.2) is 11.6 Å². The fourth-order valence-electron chi connectivity index (χ4n) is 0.840. The van der Waals surface area contributed by atoms with Crippen molar-refractivity contribution in [3.8, 4) is 6.07 Å². The quantitative estimate of drug-likeness (QED) is 0.805. The molecule has 14 heavy (non-hydrogen) atoms. The van der Waals surface area contributed by atoms with E-state index in [0.717, 1.165) is 12.3 Å². The first kappa shape index (κ1) is 10.4. The molecule has 3 nitrogen and oxygen atoms in total. The highest BCUT2D eigenvalue weighted by atomic mass is 19.1. The van der Waals surface area contributed by atoms with Crippen molar-refractivity contribution in [3.63, 3.8) is 0 Å². The molecule has 0 aliphatic heterocycles. The normalized spacial score (nSPS) is 11.9. The zero-order chi connectivity index (χ0) is 10.6. The second-order valence-corrected chi connectivity index (χ2v) is 2.90. The molecular weight excluding hydrogens is 188 g/mol. The molecule has 0 spiro atoms. The Hall–Kier alpha value is -1.70. The molecule has 74 valence electrons. The van der Waals surface area contributed by atoms with Gasteiger partial charge in [0.2, 0.25) is 0 Å². The molecule has 1 N–H and O–H groups in total. The molecule has 1 rings (SSSR count). The Labute approximate surface area is 80.4 Å². The van der Waals surface area contributed by atoms with Crippen molar-refractivity contribution in [2.45, 2.75) is 6.92 Å². The van der Waals surface area contributed by atoms with Crippen LogP contribution in [0.5, 0.6) is 0 Å². The molecule has 0 saturated carbocycles. The van der Waals surface area contributed by atoms with Crippen molar-refractivity contribution in [3.05, 3.63) is 23.9 Å². The van der Waals surface area contributed by atoms with E-state index in [-0.39, 0.29) is 18.3 Å². The molecule has 1 aromatic heterocycles. The minimum absolute atomic E-state index is 0.0338. The lowest BCUT2D eigenvalue weighted by atomic mass is 10.2. The zero-order valence-corrected chi connectivity index (χ0v) is 7.59. The number of anilines is 1. The number of hydrogen-bond donors (Lipinski definition) is 1. The van der Waals surface area contributed by atoms with Gasteiger partial charge in [-0.05, 0) is 6.92 Å². The van der Waals surface area contributed by atoms with E-state index in [1.54, 1.807) is 6.92 Å². The minimum Gasteiger partial charge on any atom is -0.366 e. The molecule has 0 aromatic carbocycles. The van der Waals surface area contributed by atoms with Gasteiger partial charge >= 0.3 is 0 Å². The molecule has 1 aromatic rings. The van der Waals surface area contributed by atoms with Gasteiger partial charge in [-0.2, -0.15) is 5.26 Å². The first-order valence-electron chi connectivity index (χ1n) is 4.08. The summed E-state index contributed by atoms with van der Waals surface area (Å²) in [6.45, 7) is 1.97. The van der Waals surface area contributed by atoms with Gasteiger partial charge in [-0.1, -0.05) is 0 Å². The smallest absolute Gasteiger partial charge is 0.168 e. The summed E-state index contributed by atoms with van der Waals surface area (Å²) in [5.41, 5.74) is 0. The van der Waals surface area contributed by atoms with Crippen molar-refractivity contribution in [2.24, 2.45) is 5.92 Å². The maximum absolute atomic E-state index is 13.0. The summed E-state index contributed by atoms with van der Waals surface area (Å²) in [4.78, 5) is 3.51. The maximum Gasteiger partial charge on any atom is 0.168 e. The first-order valence-corrected chi connectivity index (χ1v) is 4.08. The number of nitriles is 1. The van der Waals surface area contributed by atoms with Gasteiger partial charge in [-0.15, -0.1) is 0 Å². The zero-order valence-electron chi connectivity index (χ0n) is 7.59. The van der Waals surface area contributed by atoms with Gasteiger partial charge in [-0.25, -0.2) is 13.8 Å². The van der Waals surface area contributed by atoms with Crippen LogP contribution in [0, 0.1) is 28.9 Å². The Bertz CT molecular complexity index is 360. The Morgan fingerprint density at radius 3 is 2.93 bits per heavy atom. The number of nitrogens with one attached hydrogen (secondary N) is 1. The summed E-state index contributed by atoms with van der Waals surface area (Å²) >= 11 is 0. The molecule has 0 fully saturated rings. The van der Waals surface area contributed by atoms with E-state index in [4.69, 9.17) is 5.26 Å². The summed E-state index contributed by atoms with van der Waals surface area (Å²) in [7, 11) is 0. The van der Waals surface area contributed by atoms with Crippen LogP contribution in [0.2, 0.25) is 0 Å². The van der Waals surface area contributed by atoms with Crippen molar-refractivity contribution >= 4 is 5.82 Å². The van der Waals surface area contributed by atoms with Crippen LogP contribution in [0.15, 0.2) is 12.3 Å². The van der Waals surface area contributed by atoms with E-state index in [1.165, 1.54) is 0 Å².